The van der Waals surface area contributed by atoms with Crippen molar-refractivity contribution in [3.05, 3.63) is 65.7 Å². The van der Waals surface area contributed by atoms with Crippen LogP contribution in [-0.4, -0.2) is 17.4 Å². The molecule has 0 aliphatic carbocycles. The summed E-state index contributed by atoms with van der Waals surface area (Å²) in [4.78, 5) is 11.3. The van der Waals surface area contributed by atoms with E-state index in [4.69, 9.17) is 4.74 Å². The van der Waals surface area contributed by atoms with Crippen LogP contribution < -0.4 is 5.32 Å². The Morgan fingerprint density at radius 1 is 1.09 bits per heavy atom. The second-order valence-electron chi connectivity index (χ2n) is 4.98. The number of ether oxygens (including phenoxy) is 1. The highest BCUT2D eigenvalue weighted by molar-refractivity contribution is 9.12. The minimum atomic E-state index is -0.442. The molecular weight excluding hydrogens is 422 g/mol. The Morgan fingerprint density at radius 2 is 1.74 bits per heavy atom. The van der Waals surface area contributed by atoms with Crippen LogP contribution in [0.4, 0.5) is 5.69 Å². The lowest BCUT2D eigenvalue weighted by Crippen LogP contribution is -2.22. The first-order valence-corrected chi connectivity index (χ1v) is 9.28. The van der Waals surface area contributed by atoms with Gasteiger partial charge in [-0.05, 0) is 24.1 Å². The van der Waals surface area contributed by atoms with E-state index < -0.39 is 4.83 Å². The molecule has 2 aromatic carbocycles. The molecule has 3 nitrogen and oxygen atoms in total. The van der Waals surface area contributed by atoms with Crippen molar-refractivity contribution in [3.8, 4) is 0 Å². The number of hydrogen-bond donors (Lipinski definition) is 1. The zero-order chi connectivity index (χ0) is 16.7. The molecule has 0 heterocycles. The van der Waals surface area contributed by atoms with Crippen molar-refractivity contribution in [2.24, 2.45) is 0 Å². The topological polar surface area (TPSA) is 38.3 Å². The summed E-state index contributed by atoms with van der Waals surface area (Å²) >= 11 is 7.04. The smallest absolute Gasteiger partial charge is 0.321 e. The normalized spacial score (nSPS) is 13.2. The lowest BCUT2D eigenvalue weighted by atomic mass is 10.1. The number of carbonyl (C=O) groups is 1. The Kier molecular flexibility index (Phi) is 7.12. The Labute approximate surface area is 153 Å². The summed E-state index contributed by atoms with van der Waals surface area (Å²) in [6, 6.07) is 18.1. The lowest BCUT2D eigenvalue weighted by Gasteiger charge is -2.20. The number of nitrogens with one attached hydrogen (secondary N) is 1. The van der Waals surface area contributed by atoms with Gasteiger partial charge in [0, 0.05) is 12.2 Å². The first kappa shape index (κ1) is 18.0. The predicted molar refractivity (Wildman–Crippen MR) is 101 cm³/mol. The average Bonchev–Trinajstić information content (AvgIpc) is 2.60. The van der Waals surface area contributed by atoms with Crippen molar-refractivity contribution in [2.45, 2.75) is 23.1 Å². The molecule has 1 N–H and O–H groups in total. The van der Waals surface area contributed by atoms with E-state index in [0.717, 1.165) is 17.8 Å². The molecule has 122 valence electrons. The third kappa shape index (κ3) is 5.08. The van der Waals surface area contributed by atoms with Crippen LogP contribution >= 0.6 is 31.9 Å². The van der Waals surface area contributed by atoms with Gasteiger partial charge >= 0.3 is 5.97 Å². The molecule has 0 spiro atoms. The highest BCUT2D eigenvalue weighted by Crippen LogP contribution is 2.36. The molecule has 0 aromatic heterocycles. The van der Waals surface area contributed by atoms with Crippen molar-refractivity contribution in [3.63, 3.8) is 0 Å². The predicted octanol–water partition coefficient (Wildman–Crippen LogP) is 5.06. The third-order valence-corrected chi connectivity index (χ3v) is 5.99. The Hall–Kier alpha value is -1.33. The molecule has 2 atom stereocenters. The van der Waals surface area contributed by atoms with E-state index in [-0.39, 0.29) is 10.8 Å². The van der Waals surface area contributed by atoms with Gasteiger partial charge in [-0.25, -0.2) is 0 Å². The van der Waals surface area contributed by atoms with Crippen molar-refractivity contribution in [2.75, 3.05) is 11.9 Å². The van der Waals surface area contributed by atoms with Gasteiger partial charge in [-0.2, -0.15) is 0 Å². The molecule has 0 amide bonds. The largest absolute Gasteiger partial charge is 0.465 e. The van der Waals surface area contributed by atoms with Crippen molar-refractivity contribution in [1.82, 2.24) is 0 Å². The van der Waals surface area contributed by atoms with Crippen molar-refractivity contribution >= 4 is 43.5 Å². The first-order chi connectivity index (χ1) is 11.1. The quantitative estimate of drug-likeness (QED) is 0.482. The fourth-order valence-corrected chi connectivity index (χ4v) is 3.22. The highest BCUT2D eigenvalue weighted by atomic mass is 79.9. The molecule has 2 unspecified atom stereocenters. The van der Waals surface area contributed by atoms with Gasteiger partial charge < -0.3 is 10.1 Å². The van der Waals surface area contributed by atoms with Gasteiger partial charge in [-0.15, -0.1) is 0 Å². The molecule has 0 radical (unpaired) electrons. The Balaban J connectivity index is 2.11. The second kappa shape index (κ2) is 9.08. The molecule has 0 aliphatic rings. The van der Waals surface area contributed by atoms with Gasteiger partial charge in [-0.1, -0.05) is 80.4 Å². The van der Waals surface area contributed by atoms with E-state index in [1.165, 1.54) is 5.56 Å². The Bertz CT molecular complexity index is 634. The van der Waals surface area contributed by atoms with Gasteiger partial charge in [0.15, 0.2) is 0 Å². The van der Waals surface area contributed by atoms with Crippen LogP contribution in [0, 0.1) is 0 Å². The fraction of sp³-hybridized carbons (Fsp3) is 0.278. The maximum Gasteiger partial charge on any atom is 0.321 e. The minimum Gasteiger partial charge on any atom is -0.465 e. The van der Waals surface area contributed by atoms with Crippen molar-refractivity contribution in [1.29, 1.82) is 0 Å². The van der Waals surface area contributed by atoms with E-state index in [9.17, 15) is 4.79 Å². The molecular formula is C18H19Br2NO2. The average molecular weight is 441 g/mol. The maximum absolute atomic E-state index is 11.9. The molecule has 0 saturated carbocycles. The summed E-state index contributed by atoms with van der Waals surface area (Å²) in [5.74, 6) is -0.271. The summed E-state index contributed by atoms with van der Waals surface area (Å²) in [6.45, 7) is 2.90. The summed E-state index contributed by atoms with van der Waals surface area (Å²) in [5, 5.41) is 3.43. The second-order valence-corrected chi connectivity index (χ2v) is 6.95. The van der Waals surface area contributed by atoms with Crippen LogP contribution in [0.2, 0.25) is 0 Å². The number of para-hydroxylation sites is 1. The SMILES string of the molecule is CCOC(=O)C(Br)C(Br)c1ccccc1NCc1ccccc1. The first-order valence-electron chi connectivity index (χ1n) is 7.45. The van der Waals surface area contributed by atoms with Gasteiger partial charge in [0.1, 0.15) is 4.83 Å². The van der Waals surface area contributed by atoms with Gasteiger partial charge in [-0.3, -0.25) is 4.79 Å². The third-order valence-electron chi connectivity index (χ3n) is 3.35. The zero-order valence-corrected chi connectivity index (χ0v) is 16.0. The van der Waals surface area contributed by atoms with E-state index >= 15 is 0 Å². The van der Waals surface area contributed by atoms with Crippen LogP contribution in [0.5, 0.6) is 0 Å². The summed E-state index contributed by atoms with van der Waals surface area (Å²) in [5.41, 5.74) is 3.21. The number of carbonyl (C=O) groups excluding carboxylic acids is 1. The van der Waals surface area contributed by atoms with Crippen LogP contribution in [0.25, 0.3) is 0 Å². The number of benzene rings is 2. The van der Waals surface area contributed by atoms with Crippen LogP contribution in [0.15, 0.2) is 54.6 Å². The number of anilines is 1. The van der Waals surface area contributed by atoms with E-state index in [1.54, 1.807) is 6.92 Å². The highest BCUT2D eigenvalue weighted by Gasteiger charge is 2.27. The molecule has 0 bridgehead atoms. The number of rotatable bonds is 7. The van der Waals surface area contributed by atoms with Gasteiger partial charge in [0.2, 0.25) is 0 Å². The van der Waals surface area contributed by atoms with Crippen molar-refractivity contribution < 1.29 is 9.53 Å². The molecule has 2 aromatic rings. The number of hydrogen-bond acceptors (Lipinski definition) is 3. The summed E-state index contributed by atoms with van der Waals surface area (Å²) in [7, 11) is 0. The summed E-state index contributed by atoms with van der Waals surface area (Å²) in [6.07, 6.45) is 0. The Morgan fingerprint density at radius 3 is 2.43 bits per heavy atom. The van der Waals surface area contributed by atoms with Crippen LogP contribution in [0.3, 0.4) is 0 Å². The molecule has 5 heteroatoms. The fourth-order valence-electron chi connectivity index (χ4n) is 2.19. The molecule has 23 heavy (non-hydrogen) atoms. The molecule has 0 saturated heterocycles. The van der Waals surface area contributed by atoms with Gasteiger partial charge in [0.25, 0.3) is 0 Å². The van der Waals surface area contributed by atoms with E-state index in [1.807, 2.05) is 42.5 Å². The lowest BCUT2D eigenvalue weighted by molar-refractivity contribution is -0.142. The minimum absolute atomic E-state index is 0.180. The number of esters is 1. The van der Waals surface area contributed by atoms with Crippen LogP contribution in [-0.2, 0) is 16.1 Å². The maximum atomic E-state index is 11.9. The molecule has 0 aliphatic heterocycles. The zero-order valence-electron chi connectivity index (χ0n) is 12.8. The standard InChI is InChI=1S/C18H19Br2NO2/c1-2-23-18(22)17(20)16(19)14-10-6-7-11-15(14)21-12-13-8-4-3-5-9-13/h3-11,16-17,21H,2,12H2,1H3. The van der Waals surface area contributed by atoms with E-state index in [0.29, 0.717) is 6.61 Å². The number of alkyl halides is 2. The van der Waals surface area contributed by atoms with Gasteiger partial charge in [0.05, 0.1) is 11.4 Å². The number of halogens is 2. The molecule has 2 rings (SSSR count). The van der Waals surface area contributed by atoms with E-state index in [2.05, 4.69) is 49.3 Å². The monoisotopic (exact) mass is 439 g/mol. The molecule has 0 fully saturated rings. The van der Waals surface area contributed by atoms with Crippen LogP contribution in [0.1, 0.15) is 22.9 Å². The summed E-state index contributed by atoms with van der Waals surface area (Å²) < 4.78 is 5.08.